The quantitative estimate of drug-likeness (QED) is 0.402. The standard InChI is InChI=1S/C16H34N4.HI/c1-13(2)8-9-18-16(17-5)19-11-15-7-6-10-20(12-15)14(3)4;/h13-15H,6-12H2,1-5H3,(H2,17,18,19);1H. The minimum absolute atomic E-state index is 0. The normalized spacial score (nSPS) is 20.5. The third-order valence-corrected chi connectivity index (χ3v) is 4.08. The van der Waals surface area contributed by atoms with Crippen LogP contribution in [0.25, 0.3) is 0 Å². The molecule has 0 radical (unpaired) electrons. The number of aliphatic imine (C=N–C) groups is 1. The summed E-state index contributed by atoms with van der Waals surface area (Å²) in [7, 11) is 1.85. The number of halogens is 1. The van der Waals surface area contributed by atoms with E-state index >= 15 is 0 Å². The van der Waals surface area contributed by atoms with Crippen LogP contribution in [0, 0.1) is 11.8 Å². The molecule has 2 N–H and O–H groups in total. The van der Waals surface area contributed by atoms with Crippen LogP contribution in [0.1, 0.15) is 47.0 Å². The molecule has 0 bridgehead atoms. The molecule has 1 fully saturated rings. The van der Waals surface area contributed by atoms with Crippen LogP contribution in [0.2, 0.25) is 0 Å². The van der Waals surface area contributed by atoms with E-state index in [1.165, 1.54) is 32.4 Å². The fourth-order valence-electron chi connectivity index (χ4n) is 2.67. The number of hydrogen-bond donors (Lipinski definition) is 2. The van der Waals surface area contributed by atoms with Crippen LogP contribution in [0.3, 0.4) is 0 Å². The van der Waals surface area contributed by atoms with Gasteiger partial charge in [-0.25, -0.2) is 0 Å². The summed E-state index contributed by atoms with van der Waals surface area (Å²) < 4.78 is 0. The van der Waals surface area contributed by atoms with E-state index in [-0.39, 0.29) is 24.0 Å². The van der Waals surface area contributed by atoms with Crippen molar-refractivity contribution in [3.8, 4) is 0 Å². The second-order valence-corrected chi connectivity index (χ2v) is 6.66. The number of nitrogens with one attached hydrogen (secondary N) is 2. The van der Waals surface area contributed by atoms with Gasteiger partial charge in [0.1, 0.15) is 0 Å². The molecular weight excluding hydrogens is 375 g/mol. The molecule has 0 aromatic heterocycles. The van der Waals surface area contributed by atoms with Crippen molar-refractivity contribution in [1.29, 1.82) is 0 Å². The molecule has 1 atom stereocenters. The third kappa shape index (κ3) is 8.86. The van der Waals surface area contributed by atoms with Gasteiger partial charge in [0.25, 0.3) is 0 Å². The van der Waals surface area contributed by atoms with E-state index in [9.17, 15) is 0 Å². The first kappa shape index (κ1) is 21.0. The largest absolute Gasteiger partial charge is 0.356 e. The first-order chi connectivity index (χ1) is 9.52. The summed E-state index contributed by atoms with van der Waals surface area (Å²) in [6, 6.07) is 0.668. The number of likely N-dealkylation sites (tertiary alicyclic amines) is 1. The van der Waals surface area contributed by atoms with E-state index in [0.29, 0.717) is 6.04 Å². The first-order valence-electron chi connectivity index (χ1n) is 8.21. The van der Waals surface area contributed by atoms with Gasteiger partial charge in [0.2, 0.25) is 0 Å². The molecule has 0 aliphatic carbocycles. The average Bonchev–Trinajstić information content (AvgIpc) is 2.42. The fraction of sp³-hybridized carbons (Fsp3) is 0.938. The second-order valence-electron chi connectivity index (χ2n) is 6.66. The first-order valence-corrected chi connectivity index (χ1v) is 8.21. The maximum atomic E-state index is 4.30. The Balaban J connectivity index is 0.00000400. The predicted molar refractivity (Wildman–Crippen MR) is 104 cm³/mol. The molecule has 1 aliphatic heterocycles. The molecule has 1 rings (SSSR count). The molecule has 0 aromatic rings. The van der Waals surface area contributed by atoms with Crippen molar-refractivity contribution >= 4 is 29.9 Å². The Kier molecular flexibility index (Phi) is 11.5. The number of rotatable bonds is 6. The maximum Gasteiger partial charge on any atom is 0.190 e. The van der Waals surface area contributed by atoms with Crippen LogP contribution in [0.5, 0.6) is 0 Å². The molecule has 4 nitrogen and oxygen atoms in total. The zero-order valence-corrected chi connectivity index (χ0v) is 16.8. The smallest absolute Gasteiger partial charge is 0.190 e. The molecule has 1 saturated heterocycles. The van der Waals surface area contributed by atoms with Gasteiger partial charge >= 0.3 is 0 Å². The van der Waals surface area contributed by atoms with Gasteiger partial charge in [0.05, 0.1) is 0 Å². The van der Waals surface area contributed by atoms with E-state index in [1.54, 1.807) is 0 Å². The third-order valence-electron chi connectivity index (χ3n) is 4.08. The van der Waals surface area contributed by atoms with Gasteiger partial charge < -0.3 is 15.5 Å². The van der Waals surface area contributed by atoms with Crippen molar-refractivity contribution in [1.82, 2.24) is 15.5 Å². The van der Waals surface area contributed by atoms with Crippen LogP contribution in [-0.2, 0) is 0 Å². The number of hydrogen-bond acceptors (Lipinski definition) is 2. The predicted octanol–water partition coefficient (Wildman–Crippen LogP) is 2.94. The summed E-state index contributed by atoms with van der Waals surface area (Å²) in [5, 5.41) is 6.88. The van der Waals surface area contributed by atoms with Gasteiger partial charge in [0, 0.05) is 32.7 Å². The van der Waals surface area contributed by atoms with Crippen molar-refractivity contribution in [3.63, 3.8) is 0 Å². The Hall–Kier alpha value is -0.0400. The summed E-state index contributed by atoms with van der Waals surface area (Å²) in [5.74, 6) is 2.43. The molecule has 126 valence electrons. The van der Waals surface area contributed by atoms with E-state index in [2.05, 4.69) is 48.2 Å². The van der Waals surface area contributed by atoms with E-state index in [1.807, 2.05) is 7.05 Å². The van der Waals surface area contributed by atoms with Crippen molar-refractivity contribution in [3.05, 3.63) is 0 Å². The van der Waals surface area contributed by atoms with Crippen molar-refractivity contribution in [2.45, 2.75) is 53.0 Å². The van der Waals surface area contributed by atoms with Crippen LogP contribution < -0.4 is 10.6 Å². The Morgan fingerprint density at radius 1 is 1.24 bits per heavy atom. The summed E-state index contributed by atoms with van der Waals surface area (Å²) in [4.78, 5) is 6.89. The Labute approximate surface area is 148 Å². The molecular formula is C16H35IN4. The van der Waals surface area contributed by atoms with E-state index < -0.39 is 0 Å². The highest BCUT2D eigenvalue weighted by molar-refractivity contribution is 14.0. The molecule has 1 aliphatic rings. The minimum atomic E-state index is 0. The van der Waals surface area contributed by atoms with Crippen LogP contribution in [0.4, 0.5) is 0 Å². The van der Waals surface area contributed by atoms with E-state index in [4.69, 9.17) is 0 Å². The Morgan fingerprint density at radius 2 is 1.95 bits per heavy atom. The molecule has 21 heavy (non-hydrogen) atoms. The average molecular weight is 410 g/mol. The zero-order valence-electron chi connectivity index (χ0n) is 14.5. The number of guanidine groups is 1. The molecule has 0 amide bonds. The number of nitrogens with zero attached hydrogens (tertiary/aromatic N) is 2. The number of piperidine rings is 1. The lowest BCUT2D eigenvalue weighted by atomic mass is 9.97. The highest BCUT2D eigenvalue weighted by atomic mass is 127. The van der Waals surface area contributed by atoms with Gasteiger partial charge in [-0.1, -0.05) is 13.8 Å². The minimum Gasteiger partial charge on any atom is -0.356 e. The molecule has 1 heterocycles. The molecule has 0 spiro atoms. The van der Waals surface area contributed by atoms with Crippen molar-refractivity contribution < 1.29 is 0 Å². The Bertz CT molecular complexity index is 292. The van der Waals surface area contributed by atoms with Gasteiger partial charge in [-0.2, -0.15) is 0 Å². The van der Waals surface area contributed by atoms with Crippen LogP contribution in [0.15, 0.2) is 4.99 Å². The summed E-state index contributed by atoms with van der Waals surface area (Å²) in [5.41, 5.74) is 0. The monoisotopic (exact) mass is 410 g/mol. The molecule has 0 aromatic carbocycles. The lowest BCUT2D eigenvalue weighted by Crippen LogP contribution is -2.46. The van der Waals surface area contributed by atoms with Gasteiger partial charge in [0.15, 0.2) is 5.96 Å². The van der Waals surface area contributed by atoms with Gasteiger partial charge in [-0.3, -0.25) is 4.99 Å². The Morgan fingerprint density at radius 3 is 2.52 bits per heavy atom. The van der Waals surface area contributed by atoms with Crippen LogP contribution >= 0.6 is 24.0 Å². The highest BCUT2D eigenvalue weighted by Gasteiger charge is 2.21. The van der Waals surface area contributed by atoms with E-state index in [0.717, 1.165) is 30.9 Å². The molecule has 0 saturated carbocycles. The van der Waals surface area contributed by atoms with Crippen LogP contribution in [-0.4, -0.2) is 50.1 Å². The fourth-order valence-corrected chi connectivity index (χ4v) is 2.67. The molecule has 1 unspecified atom stereocenters. The van der Waals surface area contributed by atoms with Crippen molar-refractivity contribution in [2.24, 2.45) is 16.8 Å². The van der Waals surface area contributed by atoms with Gasteiger partial charge in [-0.05, 0) is 51.5 Å². The summed E-state index contributed by atoms with van der Waals surface area (Å²) >= 11 is 0. The summed E-state index contributed by atoms with van der Waals surface area (Å²) in [6.45, 7) is 13.6. The highest BCUT2D eigenvalue weighted by Crippen LogP contribution is 2.17. The maximum absolute atomic E-state index is 4.30. The second kappa shape index (κ2) is 11.5. The molecule has 5 heteroatoms. The lowest BCUT2D eigenvalue weighted by Gasteiger charge is -2.35. The lowest BCUT2D eigenvalue weighted by molar-refractivity contribution is 0.141. The summed E-state index contributed by atoms with van der Waals surface area (Å²) in [6.07, 6.45) is 3.84. The topological polar surface area (TPSA) is 39.7 Å². The SMILES string of the molecule is CN=C(NCCC(C)C)NCC1CCCN(C(C)C)C1.I. The van der Waals surface area contributed by atoms with Crippen molar-refractivity contribution in [2.75, 3.05) is 33.2 Å². The zero-order chi connectivity index (χ0) is 15.0. The van der Waals surface area contributed by atoms with Gasteiger partial charge in [-0.15, -0.1) is 24.0 Å².